The van der Waals surface area contributed by atoms with E-state index in [2.05, 4.69) is 0 Å². The molecule has 72 valence electrons. The smallest absolute Gasteiger partial charge is 0.268 e. The molecule has 0 aromatic carbocycles. The summed E-state index contributed by atoms with van der Waals surface area (Å²) in [6, 6.07) is 0.238. The first-order chi connectivity index (χ1) is 5.82. The third-order valence-corrected chi connectivity index (χ3v) is 1.39. The van der Waals surface area contributed by atoms with Crippen molar-refractivity contribution in [1.82, 2.24) is 9.78 Å². The van der Waals surface area contributed by atoms with Crippen LogP contribution in [0.2, 0.25) is 0 Å². The van der Waals surface area contributed by atoms with Gasteiger partial charge < -0.3 is 0 Å². The molecule has 1 N–H and O–H groups in total. The fourth-order valence-electron chi connectivity index (χ4n) is 0.825. The van der Waals surface area contributed by atoms with E-state index in [0.29, 0.717) is 4.68 Å². The molecule has 1 heterocycles. The highest BCUT2D eigenvalue weighted by atomic mass is 19.4. The van der Waals surface area contributed by atoms with Gasteiger partial charge in [-0.05, 0) is 0 Å². The van der Waals surface area contributed by atoms with Crippen molar-refractivity contribution in [2.45, 2.75) is 6.18 Å². The van der Waals surface area contributed by atoms with Gasteiger partial charge in [0, 0.05) is 13.1 Å². The van der Waals surface area contributed by atoms with E-state index in [4.69, 9.17) is 0 Å². The summed E-state index contributed by atoms with van der Waals surface area (Å²) in [5.74, 6) is 0. The summed E-state index contributed by atoms with van der Waals surface area (Å²) in [6.07, 6.45) is -4.79. The maximum absolute atomic E-state index is 12.0. The van der Waals surface area contributed by atoms with Gasteiger partial charge in [-0.1, -0.05) is 0 Å². The number of nitrogens with zero attached hydrogens (tertiary/aromatic N) is 1. The lowest BCUT2D eigenvalue weighted by atomic mass is 10.3. The third-order valence-electron chi connectivity index (χ3n) is 1.39. The van der Waals surface area contributed by atoms with Gasteiger partial charge in [-0.3, -0.25) is 19.4 Å². The highest BCUT2D eigenvalue weighted by Gasteiger charge is 2.34. The van der Waals surface area contributed by atoms with Crippen LogP contribution in [0, 0.1) is 0 Å². The predicted molar refractivity (Wildman–Crippen MR) is 37.3 cm³/mol. The summed E-state index contributed by atoms with van der Waals surface area (Å²) in [5, 5.41) is 1.90. The molecule has 0 spiro atoms. The van der Waals surface area contributed by atoms with E-state index in [1.165, 1.54) is 0 Å². The molecule has 0 aliphatic carbocycles. The Morgan fingerprint density at radius 1 is 1.38 bits per heavy atom. The maximum atomic E-state index is 12.0. The van der Waals surface area contributed by atoms with Crippen LogP contribution in [-0.2, 0) is 13.2 Å². The fraction of sp³-hybridized carbons (Fsp3) is 0.333. The van der Waals surface area contributed by atoms with E-state index in [1.54, 1.807) is 0 Å². The van der Waals surface area contributed by atoms with Crippen LogP contribution >= 0.6 is 0 Å². The first-order valence-electron chi connectivity index (χ1n) is 3.20. The quantitative estimate of drug-likeness (QED) is 0.636. The Morgan fingerprint density at radius 2 is 1.92 bits per heavy atom. The molecule has 0 amide bonds. The Bertz CT molecular complexity index is 429. The molecule has 7 heteroatoms. The number of hydrogen-bond acceptors (Lipinski definition) is 2. The van der Waals surface area contributed by atoms with Crippen molar-refractivity contribution >= 4 is 0 Å². The highest BCUT2D eigenvalue weighted by molar-refractivity contribution is 5.10. The Morgan fingerprint density at radius 3 is 2.38 bits per heavy atom. The molecule has 0 fully saturated rings. The standard InChI is InChI=1S/C6H5F3N2O2/c1-11-5(13)3(6(7,8)9)2-4(12)10-11/h2H,1H3,(H,10,12). The fourth-order valence-corrected chi connectivity index (χ4v) is 0.825. The predicted octanol–water partition coefficient (Wildman–Crippen LogP) is 0.0924. The number of rotatable bonds is 0. The molecule has 1 aromatic heterocycles. The Kier molecular flexibility index (Phi) is 2.02. The summed E-state index contributed by atoms with van der Waals surface area (Å²) in [4.78, 5) is 21.4. The summed E-state index contributed by atoms with van der Waals surface area (Å²) >= 11 is 0. The van der Waals surface area contributed by atoms with Gasteiger partial charge >= 0.3 is 6.18 Å². The largest absolute Gasteiger partial charge is 0.421 e. The second kappa shape index (κ2) is 2.75. The SMILES string of the molecule is Cn1[nH]c(=O)cc(C(F)(F)F)c1=O. The molecule has 0 unspecified atom stereocenters. The Hall–Kier alpha value is -1.53. The number of aryl methyl sites for hydroxylation is 1. The molecular formula is C6H5F3N2O2. The highest BCUT2D eigenvalue weighted by Crippen LogP contribution is 2.24. The van der Waals surface area contributed by atoms with Gasteiger partial charge in [-0.25, -0.2) is 0 Å². The summed E-state index contributed by atoms with van der Waals surface area (Å²) in [5.41, 5.74) is -3.69. The zero-order chi connectivity index (χ0) is 10.2. The van der Waals surface area contributed by atoms with Crippen molar-refractivity contribution in [3.05, 3.63) is 32.3 Å². The lowest BCUT2D eigenvalue weighted by Gasteiger charge is -2.05. The number of H-pyrrole nitrogens is 1. The van der Waals surface area contributed by atoms with Crippen molar-refractivity contribution in [2.75, 3.05) is 0 Å². The number of aromatic nitrogens is 2. The van der Waals surface area contributed by atoms with Crippen molar-refractivity contribution in [2.24, 2.45) is 7.05 Å². The van der Waals surface area contributed by atoms with Crippen LogP contribution in [0.1, 0.15) is 5.56 Å². The number of halogens is 3. The molecule has 0 aliphatic heterocycles. The van der Waals surface area contributed by atoms with Gasteiger partial charge in [-0.2, -0.15) is 13.2 Å². The van der Waals surface area contributed by atoms with E-state index in [0.717, 1.165) is 7.05 Å². The van der Waals surface area contributed by atoms with Crippen LogP contribution in [0.15, 0.2) is 15.7 Å². The van der Waals surface area contributed by atoms with E-state index >= 15 is 0 Å². The van der Waals surface area contributed by atoms with Crippen molar-refractivity contribution in [1.29, 1.82) is 0 Å². The lowest BCUT2D eigenvalue weighted by Crippen LogP contribution is -2.33. The zero-order valence-electron chi connectivity index (χ0n) is 6.47. The minimum Gasteiger partial charge on any atom is -0.268 e. The van der Waals surface area contributed by atoms with Gasteiger partial charge in [0.05, 0.1) is 0 Å². The molecule has 0 radical (unpaired) electrons. The number of aromatic amines is 1. The summed E-state index contributed by atoms with van der Waals surface area (Å²) in [6.45, 7) is 0. The zero-order valence-corrected chi connectivity index (χ0v) is 6.47. The van der Waals surface area contributed by atoms with Crippen molar-refractivity contribution < 1.29 is 13.2 Å². The van der Waals surface area contributed by atoms with Crippen LogP contribution < -0.4 is 11.1 Å². The molecule has 0 bridgehead atoms. The van der Waals surface area contributed by atoms with Crippen molar-refractivity contribution in [3.8, 4) is 0 Å². The van der Waals surface area contributed by atoms with Crippen LogP contribution in [-0.4, -0.2) is 9.78 Å². The Balaban J connectivity index is 3.56. The van der Waals surface area contributed by atoms with E-state index in [1.807, 2.05) is 5.10 Å². The lowest BCUT2D eigenvalue weighted by molar-refractivity contribution is -0.139. The van der Waals surface area contributed by atoms with Gasteiger partial charge in [0.25, 0.3) is 11.1 Å². The second-order valence-electron chi connectivity index (χ2n) is 2.40. The van der Waals surface area contributed by atoms with Gasteiger partial charge in [0.15, 0.2) is 0 Å². The molecule has 1 aromatic rings. The first-order valence-corrected chi connectivity index (χ1v) is 3.20. The number of nitrogens with one attached hydrogen (secondary N) is 1. The topological polar surface area (TPSA) is 54.9 Å². The third kappa shape index (κ3) is 1.79. The minimum atomic E-state index is -4.79. The van der Waals surface area contributed by atoms with Crippen LogP contribution in [0.3, 0.4) is 0 Å². The number of hydrogen-bond donors (Lipinski definition) is 1. The summed E-state index contributed by atoms with van der Waals surface area (Å²) in [7, 11) is 1.04. The van der Waals surface area contributed by atoms with Gasteiger partial charge in [-0.15, -0.1) is 0 Å². The normalized spacial score (nSPS) is 11.7. The second-order valence-corrected chi connectivity index (χ2v) is 2.40. The Labute approximate surface area is 69.6 Å². The van der Waals surface area contributed by atoms with E-state index < -0.39 is 22.9 Å². The summed E-state index contributed by atoms with van der Waals surface area (Å²) < 4.78 is 36.6. The monoisotopic (exact) mass is 194 g/mol. The van der Waals surface area contributed by atoms with E-state index in [9.17, 15) is 22.8 Å². The molecular weight excluding hydrogens is 189 g/mol. The molecule has 13 heavy (non-hydrogen) atoms. The average Bonchev–Trinajstić information content (AvgIpc) is 1.94. The van der Waals surface area contributed by atoms with Crippen LogP contribution in [0.25, 0.3) is 0 Å². The average molecular weight is 194 g/mol. The van der Waals surface area contributed by atoms with E-state index in [-0.39, 0.29) is 6.07 Å². The van der Waals surface area contributed by atoms with Crippen molar-refractivity contribution in [3.63, 3.8) is 0 Å². The number of alkyl halides is 3. The molecule has 0 saturated heterocycles. The molecule has 0 atom stereocenters. The maximum Gasteiger partial charge on any atom is 0.421 e. The first kappa shape index (κ1) is 9.56. The van der Waals surface area contributed by atoms with Gasteiger partial charge in [0.1, 0.15) is 5.56 Å². The van der Waals surface area contributed by atoms with Crippen LogP contribution in [0.4, 0.5) is 13.2 Å². The molecule has 4 nitrogen and oxygen atoms in total. The van der Waals surface area contributed by atoms with Gasteiger partial charge in [0.2, 0.25) is 0 Å². The molecule has 0 aliphatic rings. The molecule has 1 rings (SSSR count). The molecule has 0 saturated carbocycles. The van der Waals surface area contributed by atoms with Crippen LogP contribution in [0.5, 0.6) is 0 Å². The minimum absolute atomic E-state index is 0.238.